The number of rotatable bonds is 9. The monoisotopic (exact) mass is 329 g/mol. The highest BCUT2D eigenvalue weighted by Gasteiger charge is 2.10. The van der Waals surface area contributed by atoms with Gasteiger partial charge < -0.3 is 14.8 Å². The first-order valence-corrected chi connectivity index (χ1v) is 7.80. The minimum absolute atomic E-state index is 0.645. The second-order valence-electron chi connectivity index (χ2n) is 4.35. The highest BCUT2D eigenvalue weighted by molar-refractivity contribution is 9.10. The lowest BCUT2D eigenvalue weighted by Gasteiger charge is -2.15. The van der Waals surface area contributed by atoms with E-state index in [-0.39, 0.29) is 0 Å². The third kappa shape index (κ3) is 5.41. The van der Waals surface area contributed by atoms with Gasteiger partial charge in [-0.2, -0.15) is 0 Å². The maximum Gasteiger partial charge on any atom is 0.162 e. The summed E-state index contributed by atoms with van der Waals surface area (Å²) in [6.45, 7) is 9.45. The van der Waals surface area contributed by atoms with E-state index in [0.29, 0.717) is 13.2 Å². The van der Waals surface area contributed by atoms with E-state index in [9.17, 15) is 0 Å². The summed E-state index contributed by atoms with van der Waals surface area (Å²) in [6.07, 6.45) is 2.12. The van der Waals surface area contributed by atoms with Crippen LogP contribution in [0.4, 0.5) is 0 Å². The fourth-order valence-corrected chi connectivity index (χ4v) is 2.17. The molecule has 3 nitrogen and oxygen atoms in total. The molecule has 0 amide bonds. The van der Waals surface area contributed by atoms with E-state index in [1.54, 1.807) is 0 Å². The molecule has 0 aliphatic rings. The third-order valence-corrected chi connectivity index (χ3v) is 3.35. The van der Waals surface area contributed by atoms with Crippen molar-refractivity contribution in [3.8, 4) is 11.5 Å². The standard InChI is InChI=1S/C15H24BrNO2/c1-4-7-17-11-12-9-14(18-6-3)15(10-13(12)16)19-8-5-2/h9-10,17H,4-8,11H2,1-3H3. The number of benzene rings is 1. The van der Waals surface area contributed by atoms with E-state index < -0.39 is 0 Å². The van der Waals surface area contributed by atoms with Gasteiger partial charge in [0, 0.05) is 11.0 Å². The molecule has 0 bridgehead atoms. The largest absolute Gasteiger partial charge is 0.490 e. The SMILES string of the molecule is CCCNCc1cc(OCC)c(OCCC)cc1Br. The van der Waals surface area contributed by atoms with Gasteiger partial charge in [0.25, 0.3) is 0 Å². The van der Waals surface area contributed by atoms with Crippen LogP contribution in [-0.2, 0) is 6.54 Å². The Kier molecular flexibility index (Phi) is 7.91. The van der Waals surface area contributed by atoms with Crippen molar-refractivity contribution < 1.29 is 9.47 Å². The Morgan fingerprint density at radius 1 is 1.05 bits per heavy atom. The minimum Gasteiger partial charge on any atom is -0.490 e. The van der Waals surface area contributed by atoms with E-state index in [2.05, 4.69) is 41.2 Å². The van der Waals surface area contributed by atoms with Crippen molar-refractivity contribution in [1.29, 1.82) is 0 Å². The van der Waals surface area contributed by atoms with Crippen LogP contribution < -0.4 is 14.8 Å². The van der Waals surface area contributed by atoms with Crippen molar-refractivity contribution >= 4 is 15.9 Å². The fourth-order valence-electron chi connectivity index (χ4n) is 1.71. The lowest BCUT2D eigenvalue weighted by molar-refractivity contribution is 0.276. The van der Waals surface area contributed by atoms with Gasteiger partial charge >= 0.3 is 0 Å². The molecule has 0 aliphatic heterocycles. The van der Waals surface area contributed by atoms with Crippen molar-refractivity contribution in [2.75, 3.05) is 19.8 Å². The zero-order valence-corrected chi connectivity index (χ0v) is 13.7. The Morgan fingerprint density at radius 3 is 2.42 bits per heavy atom. The lowest BCUT2D eigenvalue weighted by Crippen LogP contribution is -2.14. The average molecular weight is 330 g/mol. The smallest absolute Gasteiger partial charge is 0.162 e. The molecule has 0 spiro atoms. The van der Waals surface area contributed by atoms with Crippen LogP contribution in [0.1, 0.15) is 39.2 Å². The molecule has 1 aromatic carbocycles. The highest BCUT2D eigenvalue weighted by atomic mass is 79.9. The summed E-state index contributed by atoms with van der Waals surface area (Å²) in [7, 11) is 0. The average Bonchev–Trinajstić information content (AvgIpc) is 2.40. The molecule has 1 aromatic rings. The van der Waals surface area contributed by atoms with Gasteiger partial charge in [-0.25, -0.2) is 0 Å². The Labute approximate surface area is 124 Å². The molecule has 0 fully saturated rings. The van der Waals surface area contributed by atoms with Crippen LogP contribution in [0.25, 0.3) is 0 Å². The summed E-state index contributed by atoms with van der Waals surface area (Å²) in [5, 5.41) is 3.40. The molecule has 1 N–H and O–H groups in total. The van der Waals surface area contributed by atoms with Crippen LogP contribution in [0.15, 0.2) is 16.6 Å². The molecule has 19 heavy (non-hydrogen) atoms. The van der Waals surface area contributed by atoms with Crippen molar-refractivity contribution in [3.63, 3.8) is 0 Å². The molecule has 1 rings (SSSR count). The van der Waals surface area contributed by atoms with Crippen LogP contribution in [0.5, 0.6) is 11.5 Å². The molecule has 0 heterocycles. The Balaban J connectivity index is 2.85. The number of hydrogen-bond acceptors (Lipinski definition) is 3. The molecule has 0 unspecified atom stereocenters. The lowest BCUT2D eigenvalue weighted by atomic mass is 10.2. The van der Waals surface area contributed by atoms with E-state index in [4.69, 9.17) is 9.47 Å². The summed E-state index contributed by atoms with van der Waals surface area (Å²) in [5.74, 6) is 1.64. The zero-order chi connectivity index (χ0) is 14.1. The quantitative estimate of drug-likeness (QED) is 0.691. The van der Waals surface area contributed by atoms with Gasteiger partial charge in [0.15, 0.2) is 11.5 Å². The van der Waals surface area contributed by atoms with Gasteiger partial charge in [-0.15, -0.1) is 0 Å². The molecule has 0 atom stereocenters. The molecular weight excluding hydrogens is 306 g/mol. The van der Waals surface area contributed by atoms with Gasteiger partial charge in [0.1, 0.15) is 0 Å². The summed E-state index contributed by atoms with van der Waals surface area (Å²) >= 11 is 3.60. The van der Waals surface area contributed by atoms with E-state index in [1.807, 2.05) is 13.0 Å². The van der Waals surface area contributed by atoms with Gasteiger partial charge in [-0.1, -0.05) is 29.8 Å². The molecule has 108 valence electrons. The molecular formula is C15H24BrNO2. The normalized spacial score (nSPS) is 10.5. The maximum atomic E-state index is 5.72. The van der Waals surface area contributed by atoms with Crippen LogP contribution in [0.3, 0.4) is 0 Å². The second kappa shape index (κ2) is 9.21. The molecule has 4 heteroatoms. The van der Waals surface area contributed by atoms with Gasteiger partial charge in [0.2, 0.25) is 0 Å². The number of nitrogens with one attached hydrogen (secondary N) is 1. The Hall–Kier alpha value is -0.740. The summed E-state index contributed by atoms with van der Waals surface area (Å²) < 4.78 is 12.4. The molecule has 0 radical (unpaired) electrons. The number of hydrogen-bond donors (Lipinski definition) is 1. The van der Waals surface area contributed by atoms with E-state index >= 15 is 0 Å². The first-order valence-electron chi connectivity index (χ1n) is 7.01. The first kappa shape index (κ1) is 16.3. The fraction of sp³-hybridized carbons (Fsp3) is 0.600. The van der Waals surface area contributed by atoms with Crippen molar-refractivity contribution in [2.24, 2.45) is 0 Å². The van der Waals surface area contributed by atoms with E-state index in [0.717, 1.165) is 41.9 Å². The topological polar surface area (TPSA) is 30.5 Å². The molecule has 0 aromatic heterocycles. The zero-order valence-electron chi connectivity index (χ0n) is 12.1. The number of halogens is 1. The van der Waals surface area contributed by atoms with Crippen molar-refractivity contribution in [3.05, 3.63) is 22.2 Å². The highest BCUT2D eigenvalue weighted by Crippen LogP contribution is 2.34. The summed E-state index contributed by atoms with van der Waals surface area (Å²) in [4.78, 5) is 0. The van der Waals surface area contributed by atoms with E-state index in [1.165, 1.54) is 5.56 Å². The first-order chi connectivity index (χ1) is 9.22. The summed E-state index contributed by atoms with van der Waals surface area (Å²) in [5.41, 5.74) is 1.20. The van der Waals surface area contributed by atoms with Gasteiger partial charge in [0.05, 0.1) is 13.2 Å². The maximum absolute atomic E-state index is 5.72. The Morgan fingerprint density at radius 2 is 1.79 bits per heavy atom. The van der Waals surface area contributed by atoms with Gasteiger partial charge in [-0.3, -0.25) is 0 Å². The second-order valence-corrected chi connectivity index (χ2v) is 5.20. The van der Waals surface area contributed by atoms with Crippen LogP contribution in [0.2, 0.25) is 0 Å². The number of ether oxygens (including phenoxy) is 2. The molecule has 0 saturated heterocycles. The van der Waals surface area contributed by atoms with Crippen molar-refractivity contribution in [1.82, 2.24) is 5.32 Å². The predicted molar refractivity (Wildman–Crippen MR) is 83.1 cm³/mol. The third-order valence-electron chi connectivity index (χ3n) is 2.62. The predicted octanol–water partition coefficient (Wildman–Crippen LogP) is 4.14. The van der Waals surface area contributed by atoms with Crippen LogP contribution >= 0.6 is 15.9 Å². The van der Waals surface area contributed by atoms with Crippen molar-refractivity contribution in [2.45, 2.75) is 40.2 Å². The van der Waals surface area contributed by atoms with Crippen LogP contribution in [0, 0.1) is 0 Å². The molecule has 0 aliphatic carbocycles. The van der Waals surface area contributed by atoms with Gasteiger partial charge in [-0.05, 0) is 44.0 Å². The molecule has 0 saturated carbocycles. The Bertz CT molecular complexity index is 383. The minimum atomic E-state index is 0.645. The van der Waals surface area contributed by atoms with Crippen LogP contribution in [-0.4, -0.2) is 19.8 Å². The summed E-state index contributed by atoms with van der Waals surface area (Å²) in [6, 6.07) is 4.06.